The molecule has 1 aliphatic rings. The fourth-order valence-corrected chi connectivity index (χ4v) is 4.99. The summed E-state index contributed by atoms with van der Waals surface area (Å²) in [5.74, 6) is 2.01. The number of amides is 1. The van der Waals surface area contributed by atoms with Gasteiger partial charge in [-0.1, -0.05) is 17.8 Å². The number of nitrogens with one attached hydrogen (secondary N) is 1. The van der Waals surface area contributed by atoms with Crippen LogP contribution in [-0.2, 0) is 17.9 Å². The van der Waals surface area contributed by atoms with Crippen LogP contribution in [0.5, 0.6) is 11.5 Å². The van der Waals surface area contributed by atoms with E-state index in [1.165, 1.54) is 0 Å². The molecule has 1 aliphatic heterocycles. The molecule has 9 heteroatoms. The molecule has 0 atom stereocenters. The molecule has 0 radical (unpaired) electrons. The van der Waals surface area contributed by atoms with Gasteiger partial charge in [-0.15, -0.1) is 0 Å². The van der Waals surface area contributed by atoms with Crippen LogP contribution in [0.1, 0.15) is 6.42 Å². The van der Waals surface area contributed by atoms with Crippen LogP contribution in [0, 0.1) is 0 Å². The Hall–Kier alpha value is -3.46. The lowest BCUT2D eigenvalue weighted by atomic mass is 10.2. The zero-order valence-electron chi connectivity index (χ0n) is 17.8. The van der Waals surface area contributed by atoms with Gasteiger partial charge in [0, 0.05) is 29.4 Å². The van der Waals surface area contributed by atoms with Crippen molar-refractivity contribution in [2.45, 2.75) is 24.7 Å². The van der Waals surface area contributed by atoms with Crippen LogP contribution in [0.4, 0.5) is 5.69 Å². The van der Waals surface area contributed by atoms with Crippen molar-refractivity contribution in [2.24, 2.45) is 0 Å². The third kappa shape index (κ3) is 3.48. The fraction of sp³-hybridized carbons (Fsp3) is 0.261. The van der Waals surface area contributed by atoms with Crippen molar-refractivity contribution in [3.8, 4) is 11.5 Å². The highest BCUT2D eigenvalue weighted by molar-refractivity contribution is 7.99. The van der Waals surface area contributed by atoms with E-state index in [-0.39, 0.29) is 18.0 Å². The Morgan fingerprint density at radius 2 is 1.97 bits per heavy atom. The predicted octanol–water partition coefficient (Wildman–Crippen LogP) is 3.50. The van der Waals surface area contributed by atoms with Gasteiger partial charge in [-0.3, -0.25) is 14.2 Å². The maximum Gasteiger partial charge on any atom is 0.278 e. The standard InChI is InChI=1S/C23H22N4O4S/c1-30-15-6-3-5-14(11-15)24-19(28)13-27-18-8-7-16(31-2)12-17(18)20-21(27)22(29)26-9-4-10-32-23(26)25-20/h3,5-8,11-12H,4,9-10,13H2,1-2H3,(H,24,28). The highest BCUT2D eigenvalue weighted by Gasteiger charge is 2.23. The number of nitrogens with zero attached hydrogens (tertiary/aromatic N) is 3. The summed E-state index contributed by atoms with van der Waals surface area (Å²) in [5.41, 5.74) is 2.29. The summed E-state index contributed by atoms with van der Waals surface area (Å²) in [5, 5.41) is 4.40. The lowest BCUT2D eigenvalue weighted by Gasteiger charge is -2.17. The molecule has 32 heavy (non-hydrogen) atoms. The summed E-state index contributed by atoms with van der Waals surface area (Å²) in [6, 6.07) is 12.7. The second kappa shape index (κ2) is 8.23. The Kier molecular flexibility index (Phi) is 5.26. The van der Waals surface area contributed by atoms with E-state index in [0.717, 1.165) is 28.2 Å². The minimum Gasteiger partial charge on any atom is -0.497 e. The molecule has 0 spiro atoms. The fourth-order valence-electron chi connectivity index (χ4n) is 4.05. The van der Waals surface area contributed by atoms with Crippen molar-refractivity contribution in [2.75, 3.05) is 25.3 Å². The summed E-state index contributed by atoms with van der Waals surface area (Å²) in [7, 11) is 3.18. The van der Waals surface area contributed by atoms with Gasteiger partial charge in [-0.05, 0) is 36.8 Å². The Bertz CT molecular complexity index is 1410. The van der Waals surface area contributed by atoms with Gasteiger partial charge in [0.2, 0.25) is 5.91 Å². The number of fused-ring (bicyclic) bond motifs is 4. The van der Waals surface area contributed by atoms with Crippen LogP contribution in [0.25, 0.3) is 21.9 Å². The molecular formula is C23H22N4O4S. The third-order valence-electron chi connectivity index (χ3n) is 5.54. The summed E-state index contributed by atoms with van der Waals surface area (Å²) >= 11 is 1.58. The molecule has 164 valence electrons. The van der Waals surface area contributed by atoms with Crippen LogP contribution in [0.3, 0.4) is 0 Å². The topological polar surface area (TPSA) is 87.4 Å². The van der Waals surface area contributed by atoms with Crippen molar-refractivity contribution < 1.29 is 14.3 Å². The number of hydrogen-bond acceptors (Lipinski definition) is 6. The molecule has 8 nitrogen and oxygen atoms in total. The quantitative estimate of drug-likeness (QED) is 0.468. The van der Waals surface area contributed by atoms with Gasteiger partial charge in [-0.2, -0.15) is 0 Å². The first-order valence-electron chi connectivity index (χ1n) is 10.3. The molecule has 0 bridgehead atoms. The van der Waals surface area contributed by atoms with Gasteiger partial charge >= 0.3 is 0 Å². The first-order chi connectivity index (χ1) is 15.6. The molecule has 0 saturated heterocycles. The lowest BCUT2D eigenvalue weighted by molar-refractivity contribution is -0.116. The minimum atomic E-state index is -0.246. The Morgan fingerprint density at radius 3 is 2.78 bits per heavy atom. The number of aromatic nitrogens is 3. The highest BCUT2D eigenvalue weighted by Crippen LogP contribution is 2.32. The number of carbonyl (C=O) groups is 1. The van der Waals surface area contributed by atoms with E-state index in [9.17, 15) is 9.59 Å². The number of hydrogen-bond donors (Lipinski definition) is 1. The minimum absolute atomic E-state index is 0.0209. The number of rotatable bonds is 5. The molecule has 0 fully saturated rings. The first-order valence-corrected chi connectivity index (χ1v) is 11.2. The lowest BCUT2D eigenvalue weighted by Crippen LogP contribution is -2.28. The van der Waals surface area contributed by atoms with Gasteiger partial charge in [0.25, 0.3) is 5.56 Å². The van der Waals surface area contributed by atoms with Crippen LogP contribution in [-0.4, -0.2) is 40.0 Å². The zero-order valence-corrected chi connectivity index (χ0v) is 18.6. The summed E-state index contributed by atoms with van der Waals surface area (Å²) in [4.78, 5) is 31.2. The van der Waals surface area contributed by atoms with E-state index in [2.05, 4.69) is 5.32 Å². The maximum absolute atomic E-state index is 13.5. The molecule has 0 unspecified atom stereocenters. The first kappa shape index (κ1) is 20.4. The van der Waals surface area contributed by atoms with Crippen molar-refractivity contribution in [1.29, 1.82) is 0 Å². The number of benzene rings is 2. The average Bonchev–Trinajstić information content (AvgIpc) is 3.12. The van der Waals surface area contributed by atoms with Crippen LogP contribution in [0.2, 0.25) is 0 Å². The van der Waals surface area contributed by atoms with Crippen molar-refractivity contribution in [3.05, 3.63) is 52.8 Å². The van der Waals surface area contributed by atoms with Crippen molar-refractivity contribution in [3.63, 3.8) is 0 Å². The van der Waals surface area contributed by atoms with E-state index >= 15 is 0 Å². The van der Waals surface area contributed by atoms with E-state index in [1.807, 2.05) is 24.3 Å². The molecule has 2 aromatic carbocycles. The van der Waals surface area contributed by atoms with Gasteiger partial charge in [0.15, 0.2) is 5.16 Å². The second-order valence-corrected chi connectivity index (χ2v) is 8.56. The molecule has 2 aromatic heterocycles. The van der Waals surface area contributed by atoms with Crippen LogP contribution in [0.15, 0.2) is 52.4 Å². The summed E-state index contributed by atoms with van der Waals surface area (Å²) in [6.45, 7) is 0.609. The smallest absolute Gasteiger partial charge is 0.278 e. The Labute approximate surface area is 188 Å². The van der Waals surface area contributed by atoms with Crippen LogP contribution >= 0.6 is 11.8 Å². The van der Waals surface area contributed by atoms with Crippen molar-refractivity contribution in [1.82, 2.24) is 14.1 Å². The number of ether oxygens (including phenoxy) is 2. The Balaban J connectivity index is 1.63. The third-order valence-corrected chi connectivity index (χ3v) is 6.61. The zero-order chi connectivity index (χ0) is 22.2. The second-order valence-electron chi connectivity index (χ2n) is 7.50. The molecule has 0 saturated carbocycles. The van der Waals surface area contributed by atoms with E-state index in [0.29, 0.717) is 34.8 Å². The normalized spacial score (nSPS) is 13.2. The van der Waals surface area contributed by atoms with Crippen LogP contribution < -0.4 is 20.3 Å². The largest absolute Gasteiger partial charge is 0.497 e. The van der Waals surface area contributed by atoms with E-state index in [1.54, 1.807) is 53.3 Å². The highest BCUT2D eigenvalue weighted by atomic mass is 32.2. The number of anilines is 1. The molecule has 0 aliphatic carbocycles. The van der Waals surface area contributed by atoms with E-state index in [4.69, 9.17) is 14.5 Å². The Morgan fingerprint density at radius 1 is 1.16 bits per heavy atom. The molecule has 3 heterocycles. The number of carbonyl (C=O) groups excluding carboxylic acids is 1. The van der Waals surface area contributed by atoms with E-state index < -0.39 is 0 Å². The van der Waals surface area contributed by atoms with Gasteiger partial charge < -0.3 is 19.4 Å². The number of thioether (sulfide) groups is 1. The monoisotopic (exact) mass is 450 g/mol. The van der Waals surface area contributed by atoms with Gasteiger partial charge in [-0.25, -0.2) is 4.98 Å². The molecule has 1 N–H and O–H groups in total. The summed E-state index contributed by atoms with van der Waals surface area (Å²) < 4.78 is 14.1. The van der Waals surface area contributed by atoms with Crippen molar-refractivity contribution >= 4 is 45.3 Å². The molecule has 5 rings (SSSR count). The summed E-state index contributed by atoms with van der Waals surface area (Å²) in [6.07, 6.45) is 0.912. The van der Waals surface area contributed by atoms with Gasteiger partial charge in [0.05, 0.1) is 19.7 Å². The molecular weight excluding hydrogens is 428 g/mol. The SMILES string of the molecule is COc1cccc(NC(=O)Cn2c3ccc(OC)cc3c3nc4n(c(=O)c32)CCCS4)c1. The molecule has 1 amide bonds. The predicted molar refractivity (Wildman–Crippen MR) is 125 cm³/mol. The molecule has 4 aromatic rings. The number of methoxy groups -OCH3 is 2. The maximum atomic E-state index is 13.5. The van der Waals surface area contributed by atoms with Gasteiger partial charge in [0.1, 0.15) is 29.1 Å². The average molecular weight is 451 g/mol.